The number of benzene rings is 3. The molecule has 196 valence electrons. The first-order valence-corrected chi connectivity index (χ1v) is 12.9. The van der Waals surface area contributed by atoms with Gasteiger partial charge in [-0.15, -0.1) is 0 Å². The molecule has 2 aliphatic heterocycles. The molecule has 0 spiro atoms. The second-order valence-electron chi connectivity index (χ2n) is 9.01. The van der Waals surface area contributed by atoms with E-state index in [1.807, 2.05) is 0 Å². The molecular weight excluding hydrogens is 531 g/mol. The molecule has 0 aliphatic carbocycles. The minimum absolute atomic E-state index is 0.114. The zero-order chi connectivity index (χ0) is 26.8. The van der Waals surface area contributed by atoms with E-state index in [0.717, 1.165) is 12.8 Å². The van der Waals surface area contributed by atoms with E-state index in [1.165, 1.54) is 11.0 Å². The predicted octanol–water partition coefficient (Wildman–Crippen LogP) is 5.97. The van der Waals surface area contributed by atoms with Gasteiger partial charge in [0.2, 0.25) is 0 Å². The number of halogens is 2. The monoisotopic (exact) mass is 554 g/mol. The lowest BCUT2D eigenvalue weighted by atomic mass is 10.1. The van der Waals surface area contributed by atoms with Crippen molar-refractivity contribution < 1.29 is 28.6 Å². The fraction of sp³-hybridized carbons (Fsp3) is 0.250. The average molecular weight is 555 g/mol. The van der Waals surface area contributed by atoms with Crippen LogP contribution in [0.4, 0.5) is 5.69 Å². The largest absolute Gasteiger partial charge is 0.479 e. The molecule has 8 nitrogen and oxygen atoms in total. The fourth-order valence-corrected chi connectivity index (χ4v) is 4.75. The molecule has 2 atom stereocenters. The molecular formula is C28H24Cl2N2O6. The highest BCUT2D eigenvalue weighted by atomic mass is 35.5. The topological polar surface area (TPSA) is 94.2 Å². The number of carbonyl (C=O) groups is 3. The van der Waals surface area contributed by atoms with Gasteiger partial charge in [-0.2, -0.15) is 0 Å². The van der Waals surface area contributed by atoms with Crippen LogP contribution >= 0.6 is 23.2 Å². The van der Waals surface area contributed by atoms with Crippen molar-refractivity contribution in [1.82, 2.24) is 4.90 Å². The highest BCUT2D eigenvalue weighted by Crippen LogP contribution is 2.31. The predicted molar refractivity (Wildman–Crippen MR) is 142 cm³/mol. The average Bonchev–Trinajstić information content (AvgIpc) is 3.50. The molecule has 5 rings (SSSR count). The normalized spacial score (nSPS) is 17.3. The number of amides is 3. The molecule has 38 heavy (non-hydrogen) atoms. The van der Waals surface area contributed by atoms with E-state index in [0.29, 0.717) is 50.7 Å². The Balaban J connectivity index is 1.19. The van der Waals surface area contributed by atoms with E-state index in [9.17, 15) is 14.4 Å². The summed E-state index contributed by atoms with van der Waals surface area (Å²) >= 11 is 12.0. The highest BCUT2D eigenvalue weighted by Gasteiger charge is 2.37. The number of anilines is 1. The standard InChI is InChI=1S/C28H24Cl2N2O6/c1-16(37-25-11-4-17(29)13-24(25)30)26(33)31-18-5-7-19(8-6-18)38-20-9-10-22-23(14-20)28(35)32(27(22)34)15-21-3-2-12-36-21/h4-11,13-14,16,21H,2-3,12,15H2,1H3,(H,31,33). The molecule has 1 N–H and O–H groups in total. The summed E-state index contributed by atoms with van der Waals surface area (Å²) in [6.45, 7) is 2.52. The molecule has 10 heteroatoms. The number of nitrogens with one attached hydrogen (secondary N) is 1. The molecule has 1 fully saturated rings. The first kappa shape index (κ1) is 26.0. The van der Waals surface area contributed by atoms with Gasteiger partial charge in [-0.05, 0) is 80.4 Å². The number of fused-ring (bicyclic) bond motifs is 1. The highest BCUT2D eigenvalue weighted by molar-refractivity contribution is 6.35. The third-order valence-corrected chi connectivity index (χ3v) is 6.81. The Hall–Kier alpha value is -3.59. The summed E-state index contributed by atoms with van der Waals surface area (Å²) in [6.07, 6.45) is 0.841. The Morgan fingerprint density at radius 1 is 1.03 bits per heavy atom. The van der Waals surface area contributed by atoms with E-state index in [2.05, 4.69) is 5.32 Å². The molecule has 3 amide bonds. The van der Waals surface area contributed by atoms with Crippen LogP contribution in [-0.2, 0) is 9.53 Å². The molecule has 1 saturated heterocycles. The van der Waals surface area contributed by atoms with Crippen LogP contribution in [0.5, 0.6) is 17.2 Å². The number of hydrogen-bond donors (Lipinski definition) is 1. The smallest absolute Gasteiger partial charge is 0.265 e. The second-order valence-corrected chi connectivity index (χ2v) is 9.86. The van der Waals surface area contributed by atoms with Crippen molar-refractivity contribution in [3.05, 3.63) is 81.8 Å². The van der Waals surface area contributed by atoms with Crippen LogP contribution in [0.15, 0.2) is 60.7 Å². The summed E-state index contributed by atoms with van der Waals surface area (Å²) in [7, 11) is 0. The summed E-state index contributed by atoms with van der Waals surface area (Å²) in [4.78, 5) is 39.4. The van der Waals surface area contributed by atoms with E-state index < -0.39 is 6.10 Å². The Morgan fingerprint density at radius 2 is 1.76 bits per heavy atom. The lowest BCUT2D eigenvalue weighted by molar-refractivity contribution is -0.122. The lowest BCUT2D eigenvalue weighted by Crippen LogP contribution is -2.36. The van der Waals surface area contributed by atoms with Crippen LogP contribution in [0, 0.1) is 0 Å². The quantitative estimate of drug-likeness (QED) is 0.345. The summed E-state index contributed by atoms with van der Waals surface area (Å²) in [5.41, 5.74) is 1.21. The van der Waals surface area contributed by atoms with Gasteiger partial charge in [-0.1, -0.05) is 23.2 Å². The third kappa shape index (κ3) is 5.62. The van der Waals surface area contributed by atoms with Gasteiger partial charge in [0.1, 0.15) is 17.2 Å². The van der Waals surface area contributed by atoms with Crippen molar-refractivity contribution in [1.29, 1.82) is 0 Å². The molecule has 0 saturated carbocycles. The number of ether oxygens (including phenoxy) is 3. The maximum atomic E-state index is 12.9. The van der Waals surface area contributed by atoms with Gasteiger partial charge in [-0.25, -0.2) is 0 Å². The van der Waals surface area contributed by atoms with Gasteiger partial charge in [0.25, 0.3) is 17.7 Å². The molecule has 0 aromatic heterocycles. The second kappa shape index (κ2) is 11.0. The summed E-state index contributed by atoms with van der Waals surface area (Å²) in [5.74, 6) is 0.241. The zero-order valence-corrected chi connectivity index (χ0v) is 21.9. The summed E-state index contributed by atoms with van der Waals surface area (Å²) in [5, 5.41) is 3.56. The maximum absolute atomic E-state index is 12.9. The van der Waals surface area contributed by atoms with Crippen molar-refractivity contribution in [2.24, 2.45) is 0 Å². The van der Waals surface area contributed by atoms with E-state index in [-0.39, 0.29) is 30.4 Å². The van der Waals surface area contributed by atoms with Crippen LogP contribution in [0.2, 0.25) is 10.0 Å². The number of carbonyl (C=O) groups excluding carboxylic acids is 3. The minimum atomic E-state index is -0.809. The number of imide groups is 1. The molecule has 0 radical (unpaired) electrons. The summed E-state index contributed by atoms with van der Waals surface area (Å²) in [6, 6.07) is 16.3. The van der Waals surface area contributed by atoms with Gasteiger partial charge in [-0.3, -0.25) is 19.3 Å². The summed E-state index contributed by atoms with van der Waals surface area (Å²) < 4.78 is 17.1. The van der Waals surface area contributed by atoms with Crippen LogP contribution in [0.3, 0.4) is 0 Å². The Kier molecular flexibility index (Phi) is 7.56. The van der Waals surface area contributed by atoms with Gasteiger partial charge >= 0.3 is 0 Å². The molecule has 3 aromatic carbocycles. The van der Waals surface area contributed by atoms with Crippen LogP contribution in [0.25, 0.3) is 0 Å². The Labute approximate surface area is 229 Å². The lowest BCUT2D eigenvalue weighted by Gasteiger charge is -2.17. The SMILES string of the molecule is CC(Oc1ccc(Cl)cc1Cl)C(=O)Nc1ccc(Oc2ccc3c(c2)C(=O)N(CC2CCCO2)C3=O)cc1. The number of rotatable bonds is 8. The number of nitrogens with zero attached hydrogens (tertiary/aromatic N) is 1. The molecule has 2 heterocycles. The van der Waals surface area contributed by atoms with Gasteiger partial charge in [0, 0.05) is 17.3 Å². The molecule has 2 aliphatic rings. The van der Waals surface area contributed by atoms with Crippen molar-refractivity contribution in [2.75, 3.05) is 18.5 Å². The van der Waals surface area contributed by atoms with Crippen LogP contribution in [-0.4, -0.2) is 48.0 Å². The minimum Gasteiger partial charge on any atom is -0.479 e. The first-order chi connectivity index (χ1) is 18.3. The van der Waals surface area contributed by atoms with E-state index in [4.69, 9.17) is 37.4 Å². The molecule has 2 unspecified atom stereocenters. The van der Waals surface area contributed by atoms with E-state index in [1.54, 1.807) is 61.5 Å². The Morgan fingerprint density at radius 3 is 2.47 bits per heavy atom. The van der Waals surface area contributed by atoms with Crippen molar-refractivity contribution >= 4 is 46.6 Å². The number of hydrogen-bond acceptors (Lipinski definition) is 6. The van der Waals surface area contributed by atoms with Crippen LogP contribution in [0.1, 0.15) is 40.5 Å². The fourth-order valence-electron chi connectivity index (χ4n) is 4.29. The van der Waals surface area contributed by atoms with E-state index >= 15 is 0 Å². The van der Waals surface area contributed by atoms with Crippen molar-refractivity contribution in [2.45, 2.75) is 32.0 Å². The van der Waals surface area contributed by atoms with Gasteiger partial charge in [0.05, 0.1) is 28.8 Å². The van der Waals surface area contributed by atoms with Crippen molar-refractivity contribution in [3.63, 3.8) is 0 Å². The third-order valence-electron chi connectivity index (χ3n) is 6.28. The molecule has 3 aromatic rings. The van der Waals surface area contributed by atoms with Crippen molar-refractivity contribution in [3.8, 4) is 17.2 Å². The zero-order valence-electron chi connectivity index (χ0n) is 20.4. The molecule has 0 bridgehead atoms. The van der Waals surface area contributed by atoms with Gasteiger partial charge in [0.15, 0.2) is 6.10 Å². The van der Waals surface area contributed by atoms with Crippen LogP contribution < -0.4 is 14.8 Å². The first-order valence-electron chi connectivity index (χ1n) is 12.1. The maximum Gasteiger partial charge on any atom is 0.265 e. The Bertz CT molecular complexity index is 1390. The van der Waals surface area contributed by atoms with Gasteiger partial charge < -0.3 is 19.5 Å².